The van der Waals surface area contributed by atoms with Gasteiger partial charge in [-0.2, -0.15) is 0 Å². The normalized spacial score (nSPS) is 17.3. The molecule has 2 heterocycles. The van der Waals surface area contributed by atoms with E-state index in [1.807, 2.05) is 29.2 Å². The highest BCUT2D eigenvalue weighted by molar-refractivity contribution is 5.99. The maximum Gasteiger partial charge on any atom is 0.335 e. The van der Waals surface area contributed by atoms with Crippen LogP contribution in [0.2, 0.25) is 0 Å². The van der Waals surface area contributed by atoms with Crippen LogP contribution in [0.5, 0.6) is 5.75 Å². The summed E-state index contributed by atoms with van der Waals surface area (Å²) in [6.07, 6.45) is 7.67. The molecule has 1 aliphatic heterocycles. The SMILES string of the molecule is COc1ccc(-c2c(C3CCCCC3)c3cc(C(=O)O)ccc3n2CC(=O)N2CCC(N(C)C)CC2)cc1. The number of rotatable bonds is 7. The molecule has 0 atom stereocenters. The Balaban J connectivity index is 1.62. The highest BCUT2D eigenvalue weighted by Gasteiger charge is 2.30. The molecule has 0 spiro atoms. The highest BCUT2D eigenvalue weighted by atomic mass is 16.5. The Hall–Kier alpha value is -3.32. The molecule has 0 radical (unpaired) electrons. The van der Waals surface area contributed by atoms with Crippen molar-refractivity contribution in [3.8, 4) is 17.0 Å². The largest absolute Gasteiger partial charge is 0.497 e. The summed E-state index contributed by atoms with van der Waals surface area (Å²) in [7, 11) is 5.87. The van der Waals surface area contributed by atoms with Crippen molar-refractivity contribution in [1.82, 2.24) is 14.4 Å². The predicted molar refractivity (Wildman–Crippen MR) is 150 cm³/mol. The number of piperidine rings is 1. The van der Waals surface area contributed by atoms with Crippen LogP contribution in [0.1, 0.15) is 66.8 Å². The van der Waals surface area contributed by atoms with Gasteiger partial charge in [0.25, 0.3) is 0 Å². The van der Waals surface area contributed by atoms with E-state index in [0.29, 0.717) is 12.0 Å². The molecule has 1 aliphatic carbocycles. The number of carboxylic acids is 1. The van der Waals surface area contributed by atoms with Crippen molar-refractivity contribution in [2.24, 2.45) is 0 Å². The lowest BCUT2D eigenvalue weighted by Crippen LogP contribution is -2.45. The van der Waals surface area contributed by atoms with Crippen LogP contribution in [0.25, 0.3) is 22.2 Å². The fourth-order valence-corrected chi connectivity index (χ4v) is 6.41. The highest BCUT2D eigenvalue weighted by Crippen LogP contribution is 2.44. The smallest absolute Gasteiger partial charge is 0.335 e. The first-order valence-electron chi connectivity index (χ1n) is 13.9. The van der Waals surface area contributed by atoms with E-state index in [1.165, 1.54) is 12.0 Å². The third-order valence-corrected chi connectivity index (χ3v) is 8.57. The minimum atomic E-state index is -0.930. The molecule has 1 saturated carbocycles. The number of benzene rings is 2. The van der Waals surface area contributed by atoms with E-state index in [9.17, 15) is 14.7 Å². The molecule has 2 aliphatic rings. The Kier molecular flexibility index (Phi) is 7.75. The topological polar surface area (TPSA) is 75.0 Å². The number of carboxylic acid groups (broad SMARTS) is 1. The van der Waals surface area contributed by atoms with Crippen LogP contribution in [-0.4, -0.2) is 71.7 Å². The molecule has 0 bridgehead atoms. The Morgan fingerprint density at radius 1 is 0.974 bits per heavy atom. The quantitative estimate of drug-likeness (QED) is 0.441. The minimum absolute atomic E-state index is 0.117. The van der Waals surface area contributed by atoms with E-state index >= 15 is 0 Å². The number of carbonyl (C=O) groups is 2. The van der Waals surface area contributed by atoms with Crippen molar-refractivity contribution < 1.29 is 19.4 Å². The lowest BCUT2D eigenvalue weighted by atomic mass is 9.81. The van der Waals surface area contributed by atoms with Crippen LogP contribution in [0.3, 0.4) is 0 Å². The number of nitrogens with zero attached hydrogens (tertiary/aromatic N) is 3. The third-order valence-electron chi connectivity index (χ3n) is 8.57. The molecular formula is C31H39N3O4. The molecule has 38 heavy (non-hydrogen) atoms. The monoisotopic (exact) mass is 517 g/mol. The number of methoxy groups -OCH3 is 1. The maximum atomic E-state index is 13.7. The van der Waals surface area contributed by atoms with Crippen LogP contribution in [0, 0.1) is 0 Å². The van der Waals surface area contributed by atoms with Gasteiger partial charge < -0.3 is 24.2 Å². The van der Waals surface area contributed by atoms with Gasteiger partial charge in [0.15, 0.2) is 0 Å². The second-order valence-electron chi connectivity index (χ2n) is 11.0. The van der Waals surface area contributed by atoms with Gasteiger partial charge in [-0.1, -0.05) is 19.3 Å². The summed E-state index contributed by atoms with van der Waals surface area (Å²) < 4.78 is 7.56. The molecule has 7 nitrogen and oxygen atoms in total. The van der Waals surface area contributed by atoms with E-state index in [2.05, 4.69) is 35.7 Å². The zero-order valence-corrected chi connectivity index (χ0v) is 22.8. The molecule has 1 amide bonds. The Labute approximate surface area is 225 Å². The summed E-state index contributed by atoms with van der Waals surface area (Å²) in [6.45, 7) is 1.76. The standard InChI is InChI=1S/C31H39N3O4/c1-32(2)24-15-17-33(18-16-24)28(35)20-34-27-14-11-23(31(36)37)19-26(27)29(21-7-5-4-6-8-21)30(34)22-9-12-25(38-3)13-10-22/h9-14,19,21,24H,4-8,15-18,20H2,1-3H3,(H,36,37). The molecule has 7 heteroatoms. The Morgan fingerprint density at radius 3 is 2.26 bits per heavy atom. The number of likely N-dealkylation sites (tertiary alicyclic amines) is 1. The fraction of sp³-hybridized carbons (Fsp3) is 0.484. The first-order valence-corrected chi connectivity index (χ1v) is 13.9. The number of amides is 1. The summed E-state index contributed by atoms with van der Waals surface area (Å²) in [6, 6.07) is 13.9. The third kappa shape index (κ3) is 5.17. The van der Waals surface area contributed by atoms with Gasteiger partial charge in [-0.05, 0) is 99.3 Å². The van der Waals surface area contributed by atoms with E-state index in [4.69, 9.17) is 4.74 Å². The molecule has 1 N–H and O–H groups in total. The first-order chi connectivity index (χ1) is 18.4. The number of hydrogen-bond acceptors (Lipinski definition) is 4. The van der Waals surface area contributed by atoms with Gasteiger partial charge >= 0.3 is 5.97 Å². The van der Waals surface area contributed by atoms with E-state index < -0.39 is 5.97 Å². The van der Waals surface area contributed by atoms with Gasteiger partial charge in [-0.15, -0.1) is 0 Å². The van der Waals surface area contributed by atoms with Gasteiger partial charge in [0, 0.05) is 30.0 Å². The van der Waals surface area contributed by atoms with Crippen molar-refractivity contribution in [2.45, 2.75) is 63.5 Å². The molecular weight excluding hydrogens is 478 g/mol. The van der Waals surface area contributed by atoms with Gasteiger partial charge in [0.1, 0.15) is 12.3 Å². The first kappa shape index (κ1) is 26.3. The van der Waals surface area contributed by atoms with Crippen molar-refractivity contribution in [3.63, 3.8) is 0 Å². The summed E-state index contributed by atoms with van der Waals surface area (Å²) in [4.78, 5) is 29.9. The van der Waals surface area contributed by atoms with E-state index in [-0.39, 0.29) is 18.0 Å². The van der Waals surface area contributed by atoms with Gasteiger partial charge in [-0.3, -0.25) is 4.79 Å². The Morgan fingerprint density at radius 2 is 1.66 bits per heavy atom. The lowest BCUT2D eigenvalue weighted by Gasteiger charge is -2.35. The molecule has 2 fully saturated rings. The molecule has 0 unspecified atom stereocenters. The maximum absolute atomic E-state index is 13.7. The van der Waals surface area contributed by atoms with Crippen molar-refractivity contribution >= 4 is 22.8 Å². The fourth-order valence-electron chi connectivity index (χ4n) is 6.41. The second kappa shape index (κ2) is 11.2. The Bertz CT molecular complexity index is 1300. The molecule has 2 aromatic carbocycles. The lowest BCUT2D eigenvalue weighted by molar-refractivity contribution is -0.133. The van der Waals surface area contributed by atoms with E-state index in [1.54, 1.807) is 13.2 Å². The molecule has 1 aromatic heterocycles. The zero-order valence-electron chi connectivity index (χ0n) is 22.8. The van der Waals surface area contributed by atoms with Crippen LogP contribution in [-0.2, 0) is 11.3 Å². The summed E-state index contributed by atoms with van der Waals surface area (Å²) in [5, 5.41) is 10.7. The van der Waals surface area contributed by atoms with Gasteiger partial charge in [-0.25, -0.2) is 4.79 Å². The van der Waals surface area contributed by atoms with Crippen molar-refractivity contribution in [1.29, 1.82) is 0 Å². The summed E-state index contributed by atoms with van der Waals surface area (Å²) in [5.41, 5.74) is 4.46. The second-order valence-corrected chi connectivity index (χ2v) is 11.0. The van der Waals surface area contributed by atoms with Gasteiger partial charge in [0.2, 0.25) is 5.91 Å². The van der Waals surface area contributed by atoms with Crippen molar-refractivity contribution in [3.05, 3.63) is 53.6 Å². The number of carbonyl (C=O) groups excluding carboxylic acids is 1. The predicted octanol–water partition coefficient (Wildman–Crippen LogP) is 5.62. The zero-order chi connectivity index (χ0) is 26.8. The summed E-state index contributed by atoms with van der Waals surface area (Å²) >= 11 is 0. The number of aromatic nitrogens is 1. The number of aromatic carboxylic acids is 1. The molecule has 1 saturated heterocycles. The average Bonchev–Trinajstić information content (AvgIpc) is 3.26. The molecule has 5 rings (SSSR count). The van der Waals surface area contributed by atoms with Gasteiger partial charge in [0.05, 0.1) is 18.4 Å². The van der Waals surface area contributed by atoms with Crippen LogP contribution >= 0.6 is 0 Å². The molecule has 202 valence electrons. The number of hydrogen-bond donors (Lipinski definition) is 1. The van der Waals surface area contributed by atoms with E-state index in [0.717, 1.165) is 79.5 Å². The minimum Gasteiger partial charge on any atom is -0.497 e. The molecule has 3 aromatic rings. The van der Waals surface area contributed by atoms with Crippen LogP contribution in [0.15, 0.2) is 42.5 Å². The van der Waals surface area contributed by atoms with Crippen molar-refractivity contribution in [2.75, 3.05) is 34.3 Å². The average molecular weight is 518 g/mol. The van der Waals surface area contributed by atoms with Crippen LogP contribution < -0.4 is 4.74 Å². The summed E-state index contributed by atoms with van der Waals surface area (Å²) in [5.74, 6) is 0.301. The van der Waals surface area contributed by atoms with Crippen LogP contribution in [0.4, 0.5) is 0 Å². The number of fused-ring (bicyclic) bond motifs is 1. The number of ether oxygens (including phenoxy) is 1.